The van der Waals surface area contributed by atoms with Crippen molar-refractivity contribution in [2.24, 2.45) is 0 Å². The van der Waals surface area contributed by atoms with Crippen molar-refractivity contribution in [3.63, 3.8) is 0 Å². The van der Waals surface area contributed by atoms with Gasteiger partial charge in [0.15, 0.2) is 5.75 Å². The summed E-state index contributed by atoms with van der Waals surface area (Å²) in [6.45, 7) is 3.32. The number of carbonyl (C=O) groups is 1. The number of unbranched alkanes of at least 4 members (excludes halogenated alkanes) is 2. The molecule has 28 heavy (non-hydrogen) atoms. The highest BCUT2D eigenvalue weighted by atomic mass is 16.6. The Hall–Kier alpha value is -2.51. The van der Waals surface area contributed by atoms with Gasteiger partial charge in [0.25, 0.3) is 0 Å². The van der Waals surface area contributed by atoms with Crippen molar-refractivity contribution in [2.75, 3.05) is 20.3 Å². The fourth-order valence-corrected chi connectivity index (χ4v) is 2.96. The van der Waals surface area contributed by atoms with Crippen LogP contribution in [0.4, 0.5) is 0 Å². The van der Waals surface area contributed by atoms with Gasteiger partial charge in [0, 0.05) is 0 Å². The molecule has 0 amide bonds. The summed E-state index contributed by atoms with van der Waals surface area (Å²) in [5.74, 6) is -0.0278. The Kier molecular flexibility index (Phi) is 7.33. The van der Waals surface area contributed by atoms with Crippen molar-refractivity contribution in [3.05, 3.63) is 47.8 Å². The van der Waals surface area contributed by atoms with Crippen LogP contribution >= 0.6 is 0 Å². The highest BCUT2D eigenvalue weighted by molar-refractivity contribution is 5.90. The Labute approximate surface area is 165 Å². The third-order valence-electron chi connectivity index (χ3n) is 4.64. The summed E-state index contributed by atoms with van der Waals surface area (Å²) in [7, 11) is 1.51. The highest BCUT2D eigenvalue weighted by Crippen LogP contribution is 2.25. The van der Waals surface area contributed by atoms with E-state index in [0.717, 1.165) is 12.0 Å². The van der Waals surface area contributed by atoms with Crippen LogP contribution in [0.2, 0.25) is 0 Å². The van der Waals surface area contributed by atoms with Crippen LogP contribution in [-0.2, 0) is 9.47 Å². The van der Waals surface area contributed by atoms with E-state index in [9.17, 15) is 4.79 Å². The molecule has 2 heterocycles. The molecule has 3 rings (SSSR count). The molecule has 2 atom stereocenters. The van der Waals surface area contributed by atoms with Crippen LogP contribution < -0.4 is 9.47 Å². The van der Waals surface area contributed by atoms with Crippen molar-refractivity contribution >= 4 is 5.97 Å². The number of aromatic nitrogens is 2. The van der Waals surface area contributed by atoms with E-state index in [-0.39, 0.29) is 18.2 Å². The lowest BCUT2D eigenvalue weighted by atomic mass is 10.1. The zero-order valence-corrected chi connectivity index (χ0v) is 16.3. The lowest BCUT2D eigenvalue weighted by molar-refractivity contribution is -0.137. The number of carbonyl (C=O) groups excluding carboxylic acids is 1. The number of methoxy groups -OCH3 is 1. The Balaban J connectivity index is 1.51. The molecular weight excluding hydrogens is 360 g/mol. The first-order chi connectivity index (χ1) is 13.7. The molecule has 0 aliphatic carbocycles. The molecule has 1 fully saturated rings. The van der Waals surface area contributed by atoms with Crippen molar-refractivity contribution in [3.8, 4) is 11.8 Å². The number of nitrogens with zero attached hydrogens (tertiary/aromatic N) is 2. The van der Waals surface area contributed by atoms with Crippen LogP contribution in [0.3, 0.4) is 0 Å². The number of rotatable bonds is 8. The van der Waals surface area contributed by atoms with Gasteiger partial charge in [0.1, 0.15) is 6.10 Å². The Morgan fingerprint density at radius 1 is 1.11 bits per heavy atom. The Bertz CT molecular complexity index is 740. The molecule has 7 nitrogen and oxygen atoms in total. The number of ether oxygens (including phenoxy) is 4. The molecule has 1 saturated heterocycles. The van der Waals surface area contributed by atoms with Crippen LogP contribution in [-0.4, -0.2) is 42.4 Å². The van der Waals surface area contributed by atoms with Gasteiger partial charge in [-0.05, 0) is 24.1 Å². The normalized spacial score (nSPS) is 19.2. The van der Waals surface area contributed by atoms with E-state index in [4.69, 9.17) is 18.9 Å². The molecule has 0 N–H and O–H groups in total. The monoisotopic (exact) mass is 386 g/mol. The lowest BCUT2D eigenvalue weighted by Crippen LogP contribution is -2.31. The second-order valence-electron chi connectivity index (χ2n) is 6.69. The third kappa shape index (κ3) is 5.50. The van der Waals surface area contributed by atoms with Gasteiger partial charge >= 0.3 is 12.0 Å². The minimum Gasteiger partial charge on any atom is -0.494 e. The second kappa shape index (κ2) is 10.1. The van der Waals surface area contributed by atoms with E-state index < -0.39 is 5.97 Å². The first-order valence-corrected chi connectivity index (χ1v) is 9.61. The zero-order valence-electron chi connectivity index (χ0n) is 16.3. The molecule has 1 aromatic carbocycles. The molecule has 1 aliphatic heterocycles. The zero-order chi connectivity index (χ0) is 19.8. The van der Waals surface area contributed by atoms with E-state index in [2.05, 4.69) is 16.9 Å². The predicted octanol–water partition coefficient (Wildman–Crippen LogP) is 3.74. The lowest BCUT2D eigenvalue weighted by Gasteiger charge is -2.30. The summed E-state index contributed by atoms with van der Waals surface area (Å²) >= 11 is 0. The molecule has 1 aromatic heterocycles. The van der Waals surface area contributed by atoms with Gasteiger partial charge in [-0.15, -0.1) is 0 Å². The molecule has 2 unspecified atom stereocenters. The van der Waals surface area contributed by atoms with Gasteiger partial charge in [0.2, 0.25) is 0 Å². The van der Waals surface area contributed by atoms with Crippen LogP contribution in [0.1, 0.15) is 54.6 Å². The van der Waals surface area contributed by atoms with Crippen LogP contribution in [0.25, 0.3) is 0 Å². The highest BCUT2D eigenvalue weighted by Gasteiger charge is 2.23. The molecule has 0 radical (unpaired) electrons. The standard InChI is InChI=1S/C21H26N2O5/c1-3-4-5-6-17-13-27-19(14-26-17)15-7-9-16(10-8-15)20(24)28-21-22-11-18(25-2)12-23-21/h7-12,17,19H,3-6,13-14H2,1-2H3. The maximum absolute atomic E-state index is 12.2. The molecule has 0 bridgehead atoms. The fourth-order valence-electron chi connectivity index (χ4n) is 2.96. The Morgan fingerprint density at radius 2 is 1.86 bits per heavy atom. The van der Waals surface area contributed by atoms with Gasteiger partial charge in [-0.2, -0.15) is 9.97 Å². The summed E-state index contributed by atoms with van der Waals surface area (Å²) in [4.78, 5) is 20.1. The van der Waals surface area contributed by atoms with Crippen LogP contribution in [0, 0.1) is 0 Å². The topological polar surface area (TPSA) is 79.8 Å². The van der Waals surface area contributed by atoms with E-state index in [1.807, 2.05) is 12.1 Å². The molecular formula is C21H26N2O5. The maximum Gasteiger partial charge on any atom is 0.345 e. The quantitative estimate of drug-likeness (QED) is 0.505. The molecule has 1 aliphatic rings. The van der Waals surface area contributed by atoms with E-state index >= 15 is 0 Å². The summed E-state index contributed by atoms with van der Waals surface area (Å²) in [6.07, 6.45) is 7.59. The summed E-state index contributed by atoms with van der Waals surface area (Å²) in [6, 6.07) is 7.11. The minimum absolute atomic E-state index is 0.0204. The first kappa shape index (κ1) is 20.2. The maximum atomic E-state index is 12.2. The summed E-state index contributed by atoms with van der Waals surface area (Å²) < 4.78 is 22.0. The smallest absolute Gasteiger partial charge is 0.345 e. The Morgan fingerprint density at radius 3 is 2.46 bits per heavy atom. The average Bonchev–Trinajstić information content (AvgIpc) is 2.75. The van der Waals surface area contributed by atoms with Gasteiger partial charge < -0.3 is 18.9 Å². The molecule has 7 heteroatoms. The molecule has 150 valence electrons. The van der Waals surface area contributed by atoms with Crippen molar-refractivity contribution in [1.82, 2.24) is 9.97 Å². The summed E-state index contributed by atoms with van der Waals surface area (Å²) in [5, 5.41) is 0. The average molecular weight is 386 g/mol. The van der Waals surface area contributed by atoms with Gasteiger partial charge in [-0.25, -0.2) is 4.79 Å². The van der Waals surface area contributed by atoms with Gasteiger partial charge in [-0.3, -0.25) is 0 Å². The first-order valence-electron chi connectivity index (χ1n) is 9.61. The molecule has 0 spiro atoms. The van der Waals surface area contributed by atoms with Crippen LogP contribution in [0.15, 0.2) is 36.7 Å². The number of esters is 1. The van der Waals surface area contributed by atoms with Crippen molar-refractivity contribution < 1.29 is 23.7 Å². The van der Waals surface area contributed by atoms with E-state index in [0.29, 0.717) is 24.5 Å². The van der Waals surface area contributed by atoms with Crippen molar-refractivity contribution in [1.29, 1.82) is 0 Å². The third-order valence-corrected chi connectivity index (χ3v) is 4.64. The fraction of sp³-hybridized carbons (Fsp3) is 0.476. The van der Waals surface area contributed by atoms with Gasteiger partial charge in [0.05, 0.1) is 44.4 Å². The second-order valence-corrected chi connectivity index (χ2v) is 6.69. The van der Waals surface area contributed by atoms with Crippen molar-refractivity contribution in [2.45, 2.75) is 44.8 Å². The number of benzene rings is 1. The molecule has 0 saturated carbocycles. The number of hydrogen-bond donors (Lipinski definition) is 0. The van der Waals surface area contributed by atoms with Gasteiger partial charge in [-0.1, -0.05) is 38.3 Å². The SMILES string of the molecule is CCCCCC1COC(c2ccc(C(=O)Oc3ncc(OC)cn3)cc2)CO1. The summed E-state index contributed by atoms with van der Waals surface area (Å²) in [5.41, 5.74) is 1.39. The molecule has 2 aromatic rings. The predicted molar refractivity (Wildman–Crippen MR) is 103 cm³/mol. The van der Waals surface area contributed by atoms with E-state index in [1.54, 1.807) is 12.1 Å². The van der Waals surface area contributed by atoms with E-state index in [1.165, 1.54) is 38.8 Å². The largest absolute Gasteiger partial charge is 0.494 e. The van der Waals surface area contributed by atoms with Crippen LogP contribution in [0.5, 0.6) is 11.8 Å². The number of hydrogen-bond acceptors (Lipinski definition) is 7. The minimum atomic E-state index is -0.520.